The maximum atomic E-state index is 14.9. The van der Waals surface area contributed by atoms with Crippen LogP contribution in [0.4, 0.5) is 10.1 Å². The highest BCUT2D eigenvalue weighted by molar-refractivity contribution is 5.80. The summed E-state index contributed by atoms with van der Waals surface area (Å²) in [5, 5.41) is 10.4. The summed E-state index contributed by atoms with van der Waals surface area (Å²) in [7, 11) is 0. The van der Waals surface area contributed by atoms with Gasteiger partial charge >= 0.3 is 0 Å². The highest BCUT2D eigenvalue weighted by Crippen LogP contribution is 2.25. The summed E-state index contributed by atoms with van der Waals surface area (Å²) >= 11 is 0. The van der Waals surface area contributed by atoms with Gasteiger partial charge in [0.1, 0.15) is 18.0 Å². The first-order valence-electron chi connectivity index (χ1n) is 11.8. The highest BCUT2D eigenvalue weighted by atomic mass is 19.1. The van der Waals surface area contributed by atoms with Crippen molar-refractivity contribution >= 4 is 11.6 Å². The van der Waals surface area contributed by atoms with E-state index >= 15 is 0 Å². The van der Waals surface area contributed by atoms with Crippen LogP contribution in [0.1, 0.15) is 44.0 Å². The lowest BCUT2D eigenvalue weighted by Crippen LogP contribution is -2.46. The van der Waals surface area contributed by atoms with Gasteiger partial charge in [-0.05, 0) is 44.0 Å². The number of guanidine groups is 1. The summed E-state index contributed by atoms with van der Waals surface area (Å²) in [6, 6.07) is 5.57. The predicted octanol–water partition coefficient (Wildman–Crippen LogP) is 2.43. The van der Waals surface area contributed by atoms with E-state index in [1.807, 2.05) is 12.1 Å². The lowest BCUT2D eigenvalue weighted by Gasteiger charge is -2.35. The molecular weight excluding hydrogens is 407 g/mol. The molecule has 2 N–H and O–H groups in total. The molecule has 2 aliphatic rings. The average Bonchev–Trinajstić information content (AvgIpc) is 3.37. The number of aromatic amines is 1. The normalized spacial score (nSPS) is 18.9. The fourth-order valence-electron chi connectivity index (χ4n) is 4.58. The van der Waals surface area contributed by atoms with E-state index in [1.54, 1.807) is 12.4 Å². The molecule has 2 fully saturated rings. The van der Waals surface area contributed by atoms with Gasteiger partial charge in [0.05, 0.1) is 12.2 Å². The molecule has 0 spiro atoms. The number of halogens is 1. The number of anilines is 1. The average molecular weight is 443 g/mol. The second-order valence-electron chi connectivity index (χ2n) is 8.51. The van der Waals surface area contributed by atoms with Crippen LogP contribution in [-0.2, 0) is 6.54 Å². The van der Waals surface area contributed by atoms with Crippen LogP contribution in [0, 0.1) is 5.82 Å². The largest absolute Gasteiger partial charge is 0.367 e. The van der Waals surface area contributed by atoms with Crippen LogP contribution in [0.5, 0.6) is 0 Å². The van der Waals surface area contributed by atoms with Crippen molar-refractivity contribution in [1.82, 2.24) is 30.3 Å². The highest BCUT2D eigenvalue weighted by Gasteiger charge is 2.24. The minimum Gasteiger partial charge on any atom is -0.367 e. The van der Waals surface area contributed by atoms with Crippen LogP contribution < -0.4 is 10.2 Å². The Labute approximate surface area is 189 Å². The fraction of sp³-hybridized carbons (Fsp3) is 0.609. The molecule has 0 saturated carbocycles. The van der Waals surface area contributed by atoms with Crippen molar-refractivity contribution in [2.24, 2.45) is 4.99 Å². The molecule has 3 heterocycles. The number of nitrogens with zero attached hydrogens (tertiary/aromatic N) is 6. The van der Waals surface area contributed by atoms with E-state index in [2.05, 4.69) is 49.0 Å². The molecule has 8 nitrogen and oxygen atoms in total. The molecule has 0 atom stereocenters. The van der Waals surface area contributed by atoms with Gasteiger partial charge in [-0.25, -0.2) is 14.4 Å². The molecule has 9 heteroatoms. The number of aliphatic imine (C=N–C) groups is 1. The van der Waals surface area contributed by atoms with Crippen LogP contribution in [0.3, 0.4) is 0 Å². The van der Waals surface area contributed by atoms with Crippen LogP contribution in [0.2, 0.25) is 0 Å². The van der Waals surface area contributed by atoms with Crippen LogP contribution >= 0.6 is 0 Å². The Morgan fingerprint density at radius 3 is 2.56 bits per heavy atom. The molecule has 1 aromatic heterocycles. The van der Waals surface area contributed by atoms with Gasteiger partial charge in [-0.3, -0.25) is 5.10 Å². The van der Waals surface area contributed by atoms with Crippen molar-refractivity contribution in [3.8, 4) is 0 Å². The molecule has 2 aliphatic heterocycles. The van der Waals surface area contributed by atoms with Crippen molar-refractivity contribution in [2.45, 2.75) is 39.2 Å². The Bertz CT molecular complexity index is 868. The first-order chi connectivity index (χ1) is 15.7. The summed E-state index contributed by atoms with van der Waals surface area (Å²) in [6.07, 6.45) is 3.59. The van der Waals surface area contributed by atoms with Gasteiger partial charge in [0.2, 0.25) is 0 Å². The van der Waals surface area contributed by atoms with Crippen molar-refractivity contribution in [3.05, 3.63) is 41.7 Å². The Morgan fingerprint density at radius 2 is 1.94 bits per heavy atom. The third-order valence-corrected chi connectivity index (χ3v) is 6.53. The van der Waals surface area contributed by atoms with E-state index in [0.29, 0.717) is 18.2 Å². The molecule has 4 rings (SSSR count). The Hall–Kier alpha value is -2.68. The molecule has 0 bridgehead atoms. The maximum absolute atomic E-state index is 14.9. The van der Waals surface area contributed by atoms with Gasteiger partial charge in [0, 0.05) is 51.7 Å². The van der Waals surface area contributed by atoms with Gasteiger partial charge in [-0.2, -0.15) is 5.10 Å². The first-order valence-corrected chi connectivity index (χ1v) is 11.8. The Balaban J connectivity index is 1.36. The smallest absolute Gasteiger partial charge is 0.194 e. The topological polar surface area (TPSA) is 75.7 Å². The standard InChI is InChI=1S/C23H35FN8/c1-3-25-23(32-9-7-19(8-10-32)22-27-17-28-29-22)26-16-18-5-6-21(20(24)15-18)31-13-11-30(4-2)12-14-31/h5-6,15,17,19H,3-4,7-14,16H2,1-2H3,(H,25,26)(H,27,28,29). The zero-order chi connectivity index (χ0) is 22.3. The van der Waals surface area contributed by atoms with Crippen LogP contribution in [0.25, 0.3) is 0 Å². The monoisotopic (exact) mass is 442 g/mol. The summed E-state index contributed by atoms with van der Waals surface area (Å²) < 4.78 is 14.9. The van der Waals surface area contributed by atoms with Gasteiger partial charge in [-0.1, -0.05) is 13.0 Å². The number of piperazine rings is 1. The molecule has 0 radical (unpaired) electrons. The summed E-state index contributed by atoms with van der Waals surface area (Å²) in [5.41, 5.74) is 1.60. The Morgan fingerprint density at radius 1 is 1.16 bits per heavy atom. The van der Waals surface area contributed by atoms with E-state index in [1.165, 1.54) is 0 Å². The number of rotatable bonds is 6. The number of nitrogens with one attached hydrogen (secondary N) is 2. The SMILES string of the molecule is CCNC(=NCc1ccc(N2CCN(CC)CC2)c(F)c1)N1CCC(c2ncn[nH]2)CC1. The number of likely N-dealkylation sites (N-methyl/N-ethyl adjacent to an activating group) is 1. The lowest BCUT2D eigenvalue weighted by atomic mass is 9.96. The number of hydrogen-bond donors (Lipinski definition) is 2. The summed E-state index contributed by atoms with van der Waals surface area (Å²) in [4.78, 5) is 15.9. The van der Waals surface area contributed by atoms with Gasteiger partial charge in [0.15, 0.2) is 5.96 Å². The number of benzene rings is 1. The quantitative estimate of drug-likeness (QED) is 0.529. The van der Waals surface area contributed by atoms with E-state index in [0.717, 1.165) is 82.5 Å². The maximum Gasteiger partial charge on any atom is 0.194 e. The molecular formula is C23H35FN8. The van der Waals surface area contributed by atoms with Gasteiger partial charge < -0.3 is 20.0 Å². The number of likely N-dealkylation sites (tertiary alicyclic amines) is 1. The molecule has 2 aromatic rings. The van der Waals surface area contributed by atoms with E-state index < -0.39 is 0 Å². The van der Waals surface area contributed by atoms with Gasteiger partial charge in [-0.15, -0.1) is 0 Å². The van der Waals surface area contributed by atoms with Crippen molar-refractivity contribution < 1.29 is 4.39 Å². The zero-order valence-corrected chi connectivity index (χ0v) is 19.2. The van der Waals surface area contributed by atoms with E-state index in [-0.39, 0.29) is 5.82 Å². The Kier molecular flexibility index (Phi) is 7.57. The van der Waals surface area contributed by atoms with Crippen molar-refractivity contribution in [3.63, 3.8) is 0 Å². The second kappa shape index (κ2) is 10.8. The molecule has 2 saturated heterocycles. The van der Waals surface area contributed by atoms with E-state index in [4.69, 9.17) is 4.99 Å². The van der Waals surface area contributed by atoms with E-state index in [9.17, 15) is 4.39 Å². The van der Waals surface area contributed by atoms with Crippen molar-refractivity contribution in [1.29, 1.82) is 0 Å². The molecule has 0 unspecified atom stereocenters. The number of H-pyrrole nitrogens is 1. The molecule has 1 aromatic carbocycles. The second-order valence-corrected chi connectivity index (χ2v) is 8.51. The summed E-state index contributed by atoms with van der Waals surface area (Å²) in [5.74, 6) is 2.12. The van der Waals surface area contributed by atoms with Crippen molar-refractivity contribution in [2.75, 3.05) is 57.3 Å². The van der Waals surface area contributed by atoms with Crippen LogP contribution in [0.15, 0.2) is 29.5 Å². The third-order valence-electron chi connectivity index (χ3n) is 6.53. The minimum atomic E-state index is -0.152. The first kappa shape index (κ1) is 22.5. The van der Waals surface area contributed by atoms with Gasteiger partial charge in [0.25, 0.3) is 0 Å². The fourth-order valence-corrected chi connectivity index (χ4v) is 4.58. The third kappa shape index (κ3) is 5.38. The molecule has 0 aliphatic carbocycles. The van der Waals surface area contributed by atoms with Crippen LogP contribution in [-0.4, -0.2) is 83.3 Å². The number of hydrogen-bond acceptors (Lipinski definition) is 5. The minimum absolute atomic E-state index is 0.152. The zero-order valence-electron chi connectivity index (χ0n) is 19.2. The molecule has 174 valence electrons. The molecule has 0 amide bonds. The number of piperidine rings is 1. The molecule has 32 heavy (non-hydrogen) atoms. The number of aromatic nitrogens is 3. The summed E-state index contributed by atoms with van der Waals surface area (Å²) in [6.45, 7) is 12.1. The predicted molar refractivity (Wildman–Crippen MR) is 125 cm³/mol. The lowest BCUT2D eigenvalue weighted by molar-refractivity contribution is 0.270.